The molecule has 1 aliphatic heterocycles. The number of fused-ring (bicyclic) bond motifs is 1. The number of carbonyl (C=O) groups is 1. The fourth-order valence-corrected chi connectivity index (χ4v) is 3.66. The van der Waals surface area contributed by atoms with E-state index in [-0.39, 0.29) is 18.1 Å². The van der Waals surface area contributed by atoms with Crippen LogP contribution in [0.3, 0.4) is 0 Å². The maximum atomic E-state index is 13.9. The third-order valence-electron chi connectivity index (χ3n) is 5.32. The minimum absolute atomic E-state index is 0.0207. The van der Waals surface area contributed by atoms with Crippen LogP contribution in [0.1, 0.15) is 48.0 Å². The number of benzene rings is 1. The Morgan fingerprint density at radius 1 is 1.38 bits per heavy atom. The quantitative estimate of drug-likeness (QED) is 0.628. The molecule has 2 aromatic heterocycles. The standard InChI is InChI=1S/C21H23FN6O4/c1-12-24-11-25-28(12)15-9-14(22)6-5-13(15)10-23-18(30)16-17(29)19(31)27-7-4-8-32-21(2,3)20(27)26-16/h5-6,9,11,29H,4,7-8,10H2,1-3H3,(H,23,30). The largest absolute Gasteiger partial charge is 0.501 e. The van der Waals surface area contributed by atoms with Crippen LogP contribution < -0.4 is 10.9 Å². The summed E-state index contributed by atoms with van der Waals surface area (Å²) in [5.41, 5.74) is -1.02. The number of hydrogen-bond donors (Lipinski definition) is 2. The molecule has 0 atom stereocenters. The molecule has 1 aromatic carbocycles. The number of halogens is 1. The summed E-state index contributed by atoms with van der Waals surface area (Å²) in [5.74, 6) is -1.12. The molecule has 3 aromatic rings. The zero-order valence-corrected chi connectivity index (χ0v) is 17.9. The van der Waals surface area contributed by atoms with E-state index in [0.717, 1.165) is 0 Å². The van der Waals surface area contributed by atoms with Gasteiger partial charge in [0.2, 0.25) is 5.75 Å². The Bertz CT molecular complexity index is 1250. The van der Waals surface area contributed by atoms with Gasteiger partial charge in [0, 0.05) is 19.7 Å². The van der Waals surface area contributed by atoms with Gasteiger partial charge in [0.25, 0.3) is 11.5 Å². The van der Waals surface area contributed by atoms with Gasteiger partial charge in [0.15, 0.2) is 5.69 Å². The molecular weight excluding hydrogens is 419 g/mol. The molecule has 4 rings (SSSR count). The number of rotatable bonds is 4. The average Bonchev–Trinajstić information content (AvgIpc) is 3.11. The summed E-state index contributed by atoms with van der Waals surface area (Å²) in [7, 11) is 0. The summed E-state index contributed by atoms with van der Waals surface area (Å²) in [6.07, 6.45) is 1.93. The van der Waals surface area contributed by atoms with Crippen LogP contribution in [0.5, 0.6) is 5.75 Å². The number of aromatic nitrogens is 5. The van der Waals surface area contributed by atoms with Crippen LogP contribution in [-0.2, 0) is 23.4 Å². The topological polar surface area (TPSA) is 124 Å². The third-order valence-corrected chi connectivity index (χ3v) is 5.32. The van der Waals surface area contributed by atoms with Crippen LogP contribution in [0.4, 0.5) is 4.39 Å². The van der Waals surface area contributed by atoms with Crippen LogP contribution in [0.15, 0.2) is 29.3 Å². The zero-order valence-electron chi connectivity index (χ0n) is 17.9. The first-order valence-corrected chi connectivity index (χ1v) is 10.1. The van der Waals surface area contributed by atoms with Crippen molar-refractivity contribution in [2.45, 2.75) is 45.9 Å². The van der Waals surface area contributed by atoms with Crippen LogP contribution in [0.2, 0.25) is 0 Å². The van der Waals surface area contributed by atoms with Gasteiger partial charge in [0.05, 0.1) is 5.69 Å². The van der Waals surface area contributed by atoms with Crippen molar-refractivity contribution in [2.75, 3.05) is 6.61 Å². The lowest BCUT2D eigenvalue weighted by molar-refractivity contribution is -0.0227. The molecule has 0 spiro atoms. The van der Waals surface area contributed by atoms with E-state index in [0.29, 0.717) is 36.6 Å². The lowest BCUT2D eigenvalue weighted by Crippen LogP contribution is -2.35. The Morgan fingerprint density at radius 2 is 2.16 bits per heavy atom. The molecule has 1 amide bonds. The molecule has 168 valence electrons. The molecule has 0 unspecified atom stereocenters. The highest BCUT2D eigenvalue weighted by Crippen LogP contribution is 2.27. The van der Waals surface area contributed by atoms with Crippen LogP contribution in [0.25, 0.3) is 5.69 Å². The first-order valence-electron chi connectivity index (χ1n) is 10.1. The molecule has 32 heavy (non-hydrogen) atoms. The summed E-state index contributed by atoms with van der Waals surface area (Å²) in [6, 6.07) is 4.07. The van der Waals surface area contributed by atoms with E-state index < -0.39 is 28.6 Å². The van der Waals surface area contributed by atoms with Crippen molar-refractivity contribution in [1.29, 1.82) is 0 Å². The number of aromatic hydroxyl groups is 1. The van der Waals surface area contributed by atoms with Crippen molar-refractivity contribution in [3.63, 3.8) is 0 Å². The molecule has 0 radical (unpaired) electrons. The monoisotopic (exact) mass is 442 g/mol. The maximum absolute atomic E-state index is 13.9. The molecule has 10 nitrogen and oxygen atoms in total. The second-order valence-electron chi connectivity index (χ2n) is 7.98. The molecule has 0 fully saturated rings. The van der Waals surface area contributed by atoms with Crippen molar-refractivity contribution >= 4 is 5.91 Å². The van der Waals surface area contributed by atoms with Gasteiger partial charge in [-0.2, -0.15) is 5.10 Å². The van der Waals surface area contributed by atoms with Crippen LogP contribution in [-0.4, -0.2) is 41.9 Å². The van der Waals surface area contributed by atoms with E-state index in [9.17, 15) is 19.1 Å². The predicted molar refractivity (Wildman–Crippen MR) is 111 cm³/mol. The average molecular weight is 442 g/mol. The van der Waals surface area contributed by atoms with Crippen molar-refractivity contribution in [3.05, 3.63) is 63.6 Å². The second-order valence-corrected chi connectivity index (χ2v) is 7.98. The van der Waals surface area contributed by atoms with Gasteiger partial charge in [-0.05, 0) is 44.9 Å². The van der Waals surface area contributed by atoms with Gasteiger partial charge in [-0.1, -0.05) is 6.07 Å². The van der Waals surface area contributed by atoms with E-state index in [4.69, 9.17) is 4.74 Å². The Balaban J connectivity index is 1.66. The van der Waals surface area contributed by atoms with E-state index >= 15 is 0 Å². The van der Waals surface area contributed by atoms with Gasteiger partial charge in [-0.25, -0.2) is 19.0 Å². The summed E-state index contributed by atoms with van der Waals surface area (Å²) >= 11 is 0. The lowest BCUT2D eigenvalue weighted by atomic mass is 10.1. The van der Waals surface area contributed by atoms with Crippen molar-refractivity contribution in [1.82, 2.24) is 29.6 Å². The van der Waals surface area contributed by atoms with E-state index in [2.05, 4.69) is 20.4 Å². The van der Waals surface area contributed by atoms with E-state index in [1.807, 2.05) is 0 Å². The highest BCUT2D eigenvalue weighted by atomic mass is 19.1. The van der Waals surface area contributed by atoms with Gasteiger partial charge >= 0.3 is 0 Å². The molecule has 11 heteroatoms. The van der Waals surface area contributed by atoms with E-state index in [1.54, 1.807) is 20.8 Å². The lowest BCUT2D eigenvalue weighted by Gasteiger charge is -2.24. The Hall–Kier alpha value is -3.60. The Kier molecular flexibility index (Phi) is 5.51. The Morgan fingerprint density at radius 3 is 2.88 bits per heavy atom. The molecular formula is C21H23FN6O4. The fourth-order valence-electron chi connectivity index (χ4n) is 3.66. The van der Waals surface area contributed by atoms with Crippen molar-refractivity contribution in [3.8, 4) is 11.4 Å². The van der Waals surface area contributed by atoms with Gasteiger partial charge in [-0.15, -0.1) is 0 Å². The first kappa shape index (κ1) is 21.6. The molecule has 0 aliphatic carbocycles. The molecule has 0 bridgehead atoms. The van der Waals surface area contributed by atoms with Gasteiger partial charge in [-0.3, -0.25) is 14.2 Å². The van der Waals surface area contributed by atoms with Crippen LogP contribution in [0, 0.1) is 12.7 Å². The number of hydrogen-bond acceptors (Lipinski definition) is 7. The number of ether oxygens (including phenoxy) is 1. The normalized spacial score (nSPS) is 15.1. The van der Waals surface area contributed by atoms with E-state index in [1.165, 1.54) is 33.8 Å². The number of carbonyl (C=O) groups excluding carboxylic acids is 1. The fraction of sp³-hybridized carbons (Fsp3) is 0.381. The maximum Gasteiger partial charge on any atom is 0.296 e. The Labute approximate surface area is 182 Å². The molecule has 3 heterocycles. The molecule has 0 saturated carbocycles. The molecule has 1 aliphatic rings. The highest BCUT2D eigenvalue weighted by Gasteiger charge is 2.33. The second kappa shape index (κ2) is 8.15. The van der Waals surface area contributed by atoms with Crippen molar-refractivity contribution < 1.29 is 19.0 Å². The minimum atomic E-state index is -0.910. The zero-order chi connectivity index (χ0) is 23.0. The van der Waals surface area contributed by atoms with Gasteiger partial charge in [0.1, 0.15) is 29.4 Å². The smallest absolute Gasteiger partial charge is 0.296 e. The van der Waals surface area contributed by atoms with Crippen molar-refractivity contribution in [2.24, 2.45) is 0 Å². The minimum Gasteiger partial charge on any atom is -0.501 e. The molecule has 2 N–H and O–H groups in total. The number of amides is 1. The number of aryl methyl sites for hydroxylation is 1. The van der Waals surface area contributed by atoms with Crippen LogP contribution >= 0.6 is 0 Å². The highest BCUT2D eigenvalue weighted by molar-refractivity contribution is 5.94. The number of nitrogens with zero attached hydrogens (tertiary/aromatic N) is 5. The summed E-state index contributed by atoms with van der Waals surface area (Å²) < 4.78 is 22.4. The van der Waals surface area contributed by atoms with Gasteiger partial charge < -0.3 is 15.2 Å². The predicted octanol–water partition coefficient (Wildman–Crippen LogP) is 1.56. The first-order chi connectivity index (χ1) is 15.2. The summed E-state index contributed by atoms with van der Waals surface area (Å²) in [4.78, 5) is 33.9. The number of nitrogens with one attached hydrogen (secondary N) is 1. The third kappa shape index (κ3) is 3.86. The SMILES string of the molecule is Cc1ncnn1-c1cc(F)ccc1CNC(=O)c1nc2n(c(=O)c1O)CCCOC2(C)C. The molecule has 0 saturated heterocycles. The summed E-state index contributed by atoms with van der Waals surface area (Å²) in [5, 5.41) is 17.1. The summed E-state index contributed by atoms with van der Waals surface area (Å²) in [6.45, 7) is 5.95.